The minimum Gasteiger partial charge on any atom is -0.388 e. The minimum absolute atomic E-state index is 0.493. The van der Waals surface area contributed by atoms with Crippen LogP contribution in [0.4, 0.5) is 11.5 Å². The number of nitrogens with zero attached hydrogens (tertiary/aromatic N) is 4. The van der Waals surface area contributed by atoms with Crippen LogP contribution in [0.25, 0.3) is 22.2 Å². The van der Waals surface area contributed by atoms with Crippen LogP contribution < -0.4 is 5.32 Å². The van der Waals surface area contributed by atoms with Gasteiger partial charge in [-0.05, 0) is 25.1 Å². The van der Waals surface area contributed by atoms with Crippen LogP contribution in [0.2, 0.25) is 0 Å². The summed E-state index contributed by atoms with van der Waals surface area (Å²) in [4.78, 5) is 13.2. The Labute approximate surface area is 172 Å². The lowest BCUT2D eigenvalue weighted by molar-refractivity contribution is -0.0295. The molecular formula is C22H21N5O3. The fourth-order valence-corrected chi connectivity index (χ4v) is 3.83. The Balaban J connectivity index is 1.70. The lowest BCUT2D eigenvalue weighted by Crippen LogP contribution is -2.30. The van der Waals surface area contributed by atoms with Gasteiger partial charge in [0.15, 0.2) is 6.23 Å². The second kappa shape index (κ2) is 7.49. The largest absolute Gasteiger partial charge is 0.388 e. The number of anilines is 2. The van der Waals surface area contributed by atoms with Crippen molar-refractivity contribution in [1.29, 1.82) is 0 Å². The summed E-state index contributed by atoms with van der Waals surface area (Å²) in [7, 11) is 0. The third kappa shape index (κ3) is 3.11. The van der Waals surface area contributed by atoms with Gasteiger partial charge in [0.25, 0.3) is 0 Å². The number of para-hydroxylation sites is 1. The summed E-state index contributed by atoms with van der Waals surface area (Å²) in [5.41, 5.74) is 3.21. The van der Waals surface area contributed by atoms with Gasteiger partial charge in [-0.2, -0.15) is 0 Å². The summed E-state index contributed by atoms with van der Waals surface area (Å²) >= 11 is 0. The fourth-order valence-electron chi connectivity index (χ4n) is 3.83. The van der Waals surface area contributed by atoms with Crippen molar-refractivity contribution in [2.24, 2.45) is 0 Å². The molecule has 0 radical (unpaired) electrons. The van der Waals surface area contributed by atoms with E-state index in [1.54, 1.807) is 23.9 Å². The lowest BCUT2D eigenvalue weighted by Gasteiger charge is -2.17. The predicted molar refractivity (Wildman–Crippen MR) is 112 cm³/mol. The van der Waals surface area contributed by atoms with Crippen LogP contribution >= 0.6 is 0 Å². The summed E-state index contributed by atoms with van der Waals surface area (Å²) in [6.45, 7) is 1.74. The van der Waals surface area contributed by atoms with Gasteiger partial charge >= 0.3 is 0 Å². The van der Waals surface area contributed by atoms with Crippen molar-refractivity contribution in [2.75, 3.05) is 5.32 Å². The van der Waals surface area contributed by atoms with Crippen LogP contribution in [-0.2, 0) is 4.74 Å². The first-order valence-corrected chi connectivity index (χ1v) is 9.73. The van der Waals surface area contributed by atoms with Gasteiger partial charge in [-0.3, -0.25) is 4.98 Å². The van der Waals surface area contributed by atoms with Crippen molar-refractivity contribution >= 4 is 22.5 Å². The van der Waals surface area contributed by atoms with E-state index in [0.29, 0.717) is 11.5 Å². The molecule has 152 valence electrons. The Hall–Kier alpha value is -3.33. The molecule has 5 rings (SSSR count). The number of ether oxygens (including phenoxy) is 1. The molecule has 1 fully saturated rings. The van der Waals surface area contributed by atoms with Crippen LogP contribution in [0.1, 0.15) is 13.2 Å². The number of hydrogen-bond acceptors (Lipinski definition) is 7. The van der Waals surface area contributed by atoms with Gasteiger partial charge in [-0.1, -0.05) is 24.3 Å². The van der Waals surface area contributed by atoms with E-state index in [1.165, 1.54) is 6.33 Å². The molecule has 0 unspecified atom stereocenters. The van der Waals surface area contributed by atoms with E-state index < -0.39 is 24.5 Å². The van der Waals surface area contributed by atoms with Crippen LogP contribution in [-0.4, -0.2) is 48.0 Å². The highest BCUT2D eigenvalue weighted by Crippen LogP contribution is 2.39. The molecule has 3 N–H and O–H groups in total. The number of pyridine rings is 1. The molecule has 1 aliphatic heterocycles. The van der Waals surface area contributed by atoms with E-state index in [1.807, 2.05) is 48.7 Å². The van der Waals surface area contributed by atoms with Crippen LogP contribution in [0.3, 0.4) is 0 Å². The Morgan fingerprint density at radius 3 is 2.57 bits per heavy atom. The molecule has 4 atom stereocenters. The van der Waals surface area contributed by atoms with E-state index in [-0.39, 0.29) is 0 Å². The highest BCUT2D eigenvalue weighted by Gasteiger charge is 2.42. The van der Waals surface area contributed by atoms with Crippen molar-refractivity contribution in [2.45, 2.75) is 31.5 Å². The van der Waals surface area contributed by atoms with Crippen LogP contribution in [0.15, 0.2) is 67.4 Å². The molecular weight excluding hydrogens is 382 g/mol. The Morgan fingerprint density at radius 1 is 1.03 bits per heavy atom. The second-order valence-corrected chi connectivity index (χ2v) is 7.32. The number of aromatic nitrogens is 4. The quantitative estimate of drug-likeness (QED) is 0.481. The first-order valence-electron chi connectivity index (χ1n) is 9.73. The lowest BCUT2D eigenvalue weighted by atomic mass is 10.1. The zero-order chi connectivity index (χ0) is 20.7. The molecule has 1 saturated heterocycles. The normalized spacial score (nSPS) is 23.7. The molecule has 4 heterocycles. The molecule has 3 aromatic heterocycles. The molecule has 0 spiro atoms. The van der Waals surface area contributed by atoms with E-state index in [9.17, 15) is 10.2 Å². The maximum absolute atomic E-state index is 10.6. The van der Waals surface area contributed by atoms with Gasteiger partial charge in [0.05, 0.1) is 11.5 Å². The molecule has 0 aliphatic carbocycles. The van der Waals surface area contributed by atoms with Gasteiger partial charge in [-0.15, -0.1) is 0 Å². The molecule has 0 amide bonds. The van der Waals surface area contributed by atoms with E-state index in [4.69, 9.17) is 4.74 Å². The average molecular weight is 403 g/mol. The van der Waals surface area contributed by atoms with Crippen molar-refractivity contribution in [3.63, 3.8) is 0 Å². The summed E-state index contributed by atoms with van der Waals surface area (Å²) < 4.78 is 7.61. The van der Waals surface area contributed by atoms with Crippen molar-refractivity contribution in [1.82, 2.24) is 19.5 Å². The number of fused-ring (bicyclic) bond motifs is 1. The van der Waals surface area contributed by atoms with Crippen molar-refractivity contribution < 1.29 is 14.9 Å². The molecule has 1 aromatic carbocycles. The summed E-state index contributed by atoms with van der Waals surface area (Å²) in [5.74, 6) is 0.630. The molecule has 8 heteroatoms. The molecule has 0 bridgehead atoms. The zero-order valence-electron chi connectivity index (χ0n) is 16.3. The van der Waals surface area contributed by atoms with Crippen molar-refractivity contribution in [3.8, 4) is 11.1 Å². The SMILES string of the molecule is C[C@H]1O[C@@H](n2cc(-c3cccnc3)c3c(Nc4ccccc4)ncnc32)[C@H](O)[C@@H]1O. The molecule has 1 aliphatic rings. The minimum atomic E-state index is -1.07. The topological polar surface area (TPSA) is 105 Å². The van der Waals surface area contributed by atoms with Gasteiger partial charge in [0, 0.05) is 35.4 Å². The van der Waals surface area contributed by atoms with E-state index in [2.05, 4.69) is 20.3 Å². The first kappa shape index (κ1) is 18.7. The van der Waals surface area contributed by atoms with E-state index in [0.717, 1.165) is 22.2 Å². The third-order valence-electron chi connectivity index (χ3n) is 5.37. The molecule has 4 aromatic rings. The highest BCUT2D eigenvalue weighted by molar-refractivity contribution is 6.02. The summed E-state index contributed by atoms with van der Waals surface area (Å²) in [5, 5.41) is 24.9. The third-order valence-corrected chi connectivity index (χ3v) is 5.37. The monoisotopic (exact) mass is 403 g/mol. The van der Waals surface area contributed by atoms with Gasteiger partial charge < -0.3 is 24.8 Å². The maximum atomic E-state index is 10.6. The molecule has 0 saturated carbocycles. The van der Waals surface area contributed by atoms with Gasteiger partial charge in [0.1, 0.15) is 30.0 Å². The summed E-state index contributed by atoms with van der Waals surface area (Å²) in [6, 6.07) is 13.6. The van der Waals surface area contributed by atoms with Crippen LogP contribution in [0, 0.1) is 0 Å². The maximum Gasteiger partial charge on any atom is 0.164 e. The van der Waals surface area contributed by atoms with E-state index >= 15 is 0 Å². The number of rotatable bonds is 4. The van der Waals surface area contributed by atoms with Gasteiger partial charge in [0.2, 0.25) is 0 Å². The Kier molecular flexibility index (Phi) is 4.66. The first-order chi connectivity index (χ1) is 14.6. The number of aliphatic hydroxyl groups excluding tert-OH is 2. The summed E-state index contributed by atoms with van der Waals surface area (Å²) in [6.07, 6.45) is 3.52. The zero-order valence-corrected chi connectivity index (χ0v) is 16.3. The predicted octanol–water partition coefficient (Wildman–Crippen LogP) is 2.88. The average Bonchev–Trinajstić information content (AvgIpc) is 3.29. The number of nitrogens with one attached hydrogen (secondary N) is 1. The number of aliphatic hydroxyl groups is 2. The van der Waals surface area contributed by atoms with Gasteiger partial charge in [-0.25, -0.2) is 9.97 Å². The van der Waals surface area contributed by atoms with Crippen LogP contribution in [0.5, 0.6) is 0 Å². The standard InChI is InChI=1S/C22H21N5O3/c1-13-18(28)19(29)22(30-13)27-11-16(14-6-5-9-23-10-14)17-20(24-12-25-21(17)27)26-15-7-3-2-4-8-15/h2-13,18-19,22,28-29H,1H3,(H,24,25,26)/t13-,18-,19-,22-/m1/s1. The number of benzene rings is 1. The Bertz CT molecular complexity index is 1170. The molecule has 30 heavy (non-hydrogen) atoms. The smallest absolute Gasteiger partial charge is 0.164 e. The number of hydrogen-bond donors (Lipinski definition) is 3. The Morgan fingerprint density at radius 2 is 1.87 bits per heavy atom. The fraction of sp³-hybridized carbons (Fsp3) is 0.227. The second-order valence-electron chi connectivity index (χ2n) is 7.32. The highest BCUT2D eigenvalue weighted by atomic mass is 16.6. The van der Waals surface area contributed by atoms with Crippen molar-refractivity contribution in [3.05, 3.63) is 67.4 Å². The molecule has 8 nitrogen and oxygen atoms in total.